The van der Waals surface area contributed by atoms with Crippen LogP contribution in [0.3, 0.4) is 0 Å². The van der Waals surface area contributed by atoms with E-state index in [1.807, 2.05) is 0 Å². The van der Waals surface area contributed by atoms with Gasteiger partial charge in [-0.15, -0.1) is 0 Å². The summed E-state index contributed by atoms with van der Waals surface area (Å²) < 4.78 is 0. The van der Waals surface area contributed by atoms with E-state index in [0.717, 1.165) is 0 Å². The van der Waals surface area contributed by atoms with Gasteiger partial charge in [-0.2, -0.15) is 0 Å². The number of carbonyl (C=O) groups excluding carboxylic acids is 7. The van der Waals surface area contributed by atoms with Crippen molar-refractivity contribution in [2.75, 3.05) is 0 Å². The van der Waals surface area contributed by atoms with Gasteiger partial charge in [-0.3, -0.25) is 33.6 Å². The standard InChI is InChI=1S/C18H30N8O9/c19-7(5-13(22)29)15(31)24-8(1-3-11(20)27)16(32)26-10(6-14(23)30)17(33)25-9(18(34)35)2-4-12(21)28/h7-10H,1-6,19H2,(H2,20,27)(H2,21,28)(H2,22,29)(H2,23,30)(H,24,31)(H,25,33)(H,26,32)(H,34,35). The Morgan fingerprint density at radius 2 is 0.971 bits per heavy atom. The fraction of sp³-hybridized carbons (Fsp3) is 0.556. The van der Waals surface area contributed by atoms with Crippen molar-refractivity contribution in [2.45, 2.75) is 62.7 Å². The predicted octanol–water partition coefficient (Wildman–Crippen LogP) is -5.87. The number of hydrogen-bond donors (Lipinski definition) is 9. The minimum Gasteiger partial charge on any atom is -0.480 e. The molecular formula is C18H30N8O9. The van der Waals surface area contributed by atoms with E-state index < -0.39 is 84.3 Å². The average Bonchev–Trinajstić information content (AvgIpc) is 2.71. The summed E-state index contributed by atoms with van der Waals surface area (Å²) in [5.41, 5.74) is 25.6. The normalized spacial score (nSPS) is 13.9. The zero-order valence-corrected chi connectivity index (χ0v) is 18.7. The predicted molar refractivity (Wildman–Crippen MR) is 116 cm³/mol. The molecule has 0 aliphatic carbocycles. The van der Waals surface area contributed by atoms with Crippen LogP contribution < -0.4 is 44.6 Å². The lowest BCUT2D eigenvalue weighted by Gasteiger charge is -2.24. The number of aliphatic carboxylic acids is 1. The highest BCUT2D eigenvalue weighted by atomic mass is 16.4. The van der Waals surface area contributed by atoms with Crippen molar-refractivity contribution in [3.8, 4) is 0 Å². The first kappa shape index (κ1) is 30.7. The van der Waals surface area contributed by atoms with E-state index >= 15 is 0 Å². The molecule has 0 fully saturated rings. The molecule has 17 nitrogen and oxygen atoms in total. The first-order valence-corrected chi connectivity index (χ1v) is 10.2. The molecule has 0 aromatic rings. The summed E-state index contributed by atoms with van der Waals surface area (Å²) >= 11 is 0. The Kier molecular flexibility index (Phi) is 13.0. The van der Waals surface area contributed by atoms with Gasteiger partial charge < -0.3 is 49.7 Å². The maximum absolute atomic E-state index is 12.7. The van der Waals surface area contributed by atoms with E-state index in [1.165, 1.54) is 0 Å². The quantitative estimate of drug-likeness (QED) is 0.0906. The van der Waals surface area contributed by atoms with Gasteiger partial charge in [0.05, 0.1) is 18.9 Å². The number of carboxylic acid groups (broad SMARTS) is 1. The number of hydrogen-bond acceptors (Lipinski definition) is 9. The van der Waals surface area contributed by atoms with Crippen LogP contribution in [0.5, 0.6) is 0 Å². The molecule has 35 heavy (non-hydrogen) atoms. The Balaban J connectivity index is 5.60. The van der Waals surface area contributed by atoms with Crippen molar-refractivity contribution >= 4 is 47.3 Å². The van der Waals surface area contributed by atoms with Gasteiger partial charge in [0.2, 0.25) is 41.4 Å². The Hall–Kier alpha value is -4.28. The van der Waals surface area contributed by atoms with Crippen molar-refractivity contribution < 1.29 is 43.5 Å². The summed E-state index contributed by atoms with van der Waals surface area (Å²) in [6, 6.07) is -6.20. The Labute approximate surface area is 198 Å². The van der Waals surface area contributed by atoms with Crippen LogP contribution in [0.2, 0.25) is 0 Å². The Bertz CT molecular complexity index is 863. The molecule has 0 bridgehead atoms. The van der Waals surface area contributed by atoms with Gasteiger partial charge in [0.25, 0.3) is 0 Å². The van der Waals surface area contributed by atoms with Crippen LogP contribution in [0, 0.1) is 0 Å². The molecule has 0 rings (SSSR count). The summed E-state index contributed by atoms with van der Waals surface area (Å²) in [7, 11) is 0. The van der Waals surface area contributed by atoms with E-state index in [0.29, 0.717) is 0 Å². The van der Waals surface area contributed by atoms with Gasteiger partial charge in [-0.25, -0.2) is 4.79 Å². The van der Waals surface area contributed by atoms with E-state index in [-0.39, 0.29) is 25.7 Å². The lowest BCUT2D eigenvalue weighted by atomic mass is 10.1. The topological polar surface area (TPSA) is 323 Å². The van der Waals surface area contributed by atoms with Gasteiger partial charge in [-0.1, -0.05) is 0 Å². The largest absolute Gasteiger partial charge is 0.480 e. The highest BCUT2D eigenvalue weighted by Gasteiger charge is 2.31. The zero-order valence-electron chi connectivity index (χ0n) is 18.7. The smallest absolute Gasteiger partial charge is 0.326 e. The molecule has 0 aromatic heterocycles. The minimum absolute atomic E-state index is 0.350. The summed E-state index contributed by atoms with van der Waals surface area (Å²) in [5, 5.41) is 15.6. The van der Waals surface area contributed by atoms with Gasteiger partial charge in [0, 0.05) is 12.8 Å². The van der Waals surface area contributed by atoms with Crippen LogP contribution in [-0.4, -0.2) is 76.6 Å². The second-order valence-corrected chi connectivity index (χ2v) is 7.48. The molecule has 0 radical (unpaired) electrons. The minimum atomic E-state index is -1.69. The third kappa shape index (κ3) is 13.1. The monoisotopic (exact) mass is 502 g/mol. The molecule has 17 heteroatoms. The van der Waals surface area contributed by atoms with Crippen LogP contribution >= 0.6 is 0 Å². The molecule has 14 N–H and O–H groups in total. The molecule has 0 aliphatic rings. The molecule has 0 heterocycles. The van der Waals surface area contributed by atoms with Crippen molar-refractivity contribution in [3.63, 3.8) is 0 Å². The maximum Gasteiger partial charge on any atom is 0.326 e. The zero-order chi connectivity index (χ0) is 27.3. The van der Waals surface area contributed by atoms with Crippen molar-refractivity contribution in [2.24, 2.45) is 28.7 Å². The number of amides is 7. The molecule has 4 unspecified atom stereocenters. The van der Waals surface area contributed by atoms with E-state index in [4.69, 9.17) is 28.7 Å². The summed E-state index contributed by atoms with van der Waals surface area (Å²) in [5.74, 6) is -8.31. The molecule has 0 saturated carbocycles. The van der Waals surface area contributed by atoms with Crippen LogP contribution in [0.4, 0.5) is 0 Å². The van der Waals surface area contributed by atoms with Gasteiger partial charge in [-0.05, 0) is 12.8 Å². The SMILES string of the molecule is NC(=O)CCC(NC(=O)C(CC(N)=O)NC(=O)C(CCC(N)=O)NC(=O)C(N)CC(N)=O)C(=O)O. The van der Waals surface area contributed by atoms with Crippen molar-refractivity contribution in [3.05, 3.63) is 0 Å². The Morgan fingerprint density at radius 1 is 0.571 bits per heavy atom. The first-order valence-electron chi connectivity index (χ1n) is 10.2. The summed E-state index contributed by atoms with van der Waals surface area (Å²) in [4.78, 5) is 93.3. The number of rotatable bonds is 17. The van der Waals surface area contributed by atoms with Gasteiger partial charge in [0.15, 0.2) is 0 Å². The van der Waals surface area contributed by atoms with Crippen LogP contribution in [-0.2, 0) is 38.4 Å². The second-order valence-electron chi connectivity index (χ2n) is 7.48. The van der Waals surface area contributed by atoms with E-state index in [2.05, 4.69) is 16.0 Å². The first-order chi connectivity index (χ1) is 16.1. The number of carbonyl (C=O) groups is 8. The number of primary amides is 4. The van der Waals surface area contributed by atoms with E-state index in [1.54, 1.807) is 0 Å². The summed E-state index contributed by atoms with van der Waals surface area (Å²) in [6.07, 6.45) is -2.80. The Morgan fingerprint density at radius 3 is 1.40 bits per heavy atom. The summed E-state index contributed by atoms with van der Waals surface area (Å²) in [6.45, 7) is 0. The van der Waals surface area contributed by atoms with Crippen LogP contribution in [0.25, 0.3) is 0 Å². The van der Waals surface area contributed by atoms with Crippen LogP contribution in [0.1, 0.15) is 38.5 Å². The number of nitrogens with one attached hydrogen (secondary N) is 3. The van der Waals surface area contributed by atoms with Crippen LogP contribution in [0.15, 0.2) is 0 Å². The third-order valence-corrected chi connectivity index (χ3v) is 4.40. The lowest BCUT2D eigenvalue weighted by Crippen LogP contribution is -2.58. The van der Waals surface area contributed by atoms with Crippen molar-refractivity contribution in [1.82, 2.24) is 16.0 Å². The second kappa shape index (κ2) is 14.8. The molecule has 7 amide bonds. The highest BCUT2D eigenvalue weighted by Crippen LogP contribution is 2.04. The van der Waals surface area contributed by atoms with E-state index in [9.17, 15) is 43.5 Å². The highest BCUT2D eigenvalue weighted by molar-refractivity contribution is 5.96. The third-order valence-electron chi connectivity index (χ3n) is 4.40. The fourth-order valence-corrected chi connectivity index (χ4v) is 2.64. The molecule has 0 aliphatic heterocycles. The number of carboxylic acids is 1. The van der Waals surface area contributed by atoms with Crippen molar-refractivity contribution in [1.29, 1.82) is 0 Å². The van der Waals surface area contributed by atoms with Gasteiger partial charge >= 0.3 is 5.97 Å². The molecule has 4 atom stereocenters. The van der Waals surface area contributed by atoms with Gasteiger partial charge in [0.1, 0.15) is 18.1 Å². The lowest BCUT2D eigenvalue weighted by molar-refractivity contribution is -0.142. The molecule has 0 aromatic carbocycles. The number of nitrogens with two attached hydrogens (primary N) is 5. The fourth-order valence-electron chi connectivity index (χ4n) is 2.64. The molecule has 0 saturated heterocycles. The average molecular weight is 502 g/mol. The molecular weight excluding hydrogens is 472 g/mol. The molecule has 0 spiro atoms. The molecule has 196 valence electrons. The maximum atomic E-state index is 12.7.